The van der Waals surface area contributed by atoms with Gasteiger partial charge >= 0.3 is 0 Å². The summed E-state index contributed by atoms with van der Waals surface area (Å²) in [4.78, 5) is 28.1. The molecule has 0 aromatic heterocycles. The lowest BCUT2D eigenvalue weighted by molar-refractivity contribution is -0.0433. The minimum atomic E-state index is -0.665. The second-order valence-corrected chi connectivity index (χ2v) is 12.5. The van der Waals surface area contributed by atoms with Gasteiger partial charge in [-0.3, -0.25) is 14.5 Å². The summed E-state index contributed by atoms with van der Waals surface area (Å²) in [6, 6.07) is 17.1. The molecule has 4 rings (SSSR count). The zero-order valence-corrected chi connectivity index (χ0v) is 28.3. The molecule has 0 saturated heterocycles. The summed E-state index contributed by atoms with van der Waals surface area (Å²) in [5, 5.41) is 2.94. The maximum absolute atomic E-state index is 13.4. The zero-order valence-electron chi connectivity index (χ0n) is 26.3. The standard InChI is InChI=1S/C33H41N3O6Si2/c1-33(2,32(41-43-5)42-44-6)24-9-12-26(30(34)37)27(19-24)31(38)35-25-10-7-21(8-11-25)13-15-36-16-14-22-17-28(39-3)29(40-4)18-23(22)20-36/h7-12,17-19,32H,13-16,20H2,1-6H3,(H2,34,37)(H,35,38). The first-order chi connectivity index (χ1) is 21.1. The van der Waals surface area contributed by atoms with E-state index in [0.29, 0.717) is 5.69 Å². The van der Waals surface area contributed by atoms with Crippen LogP contribution in [0.5, 0.6) is 11.5 Å². The molecule has 0 aliphatic carbocycles. The van der Waals surface area contributed by atoms with Gasteiger partial charge in [0.15, 0.2) is 11.5 Å². The van der Waals surface area contributed by atoms with Gasteiger partial charge in [-0.05, 0) is 84.6 Å². The highest BCUT2D eigenvalue weighted by Gasteiger charge is 2.34. The fraction of sp³-hybridized carbons (Fsp3) is 0.394. The quantitative estimate of drug-likeness (QED) is 0.197. The van der Waals surface area contributed by atoms with Gasteiger partial charge in [0.25, 0.3) is 5.91 Å². The third-order valence-electron chi connectivity index (χ3n) is 8.04. The van der Waals surface area contributed by atoms with E-state index in [1.165, 1.54) is 16.7 Å². The second-order valence-electron chi connectivity index (χ2n) is 11.2. The van der Waals surface area contributed by atoms with Gasteiger partial charge in [0.2, 0.25) is 25.4 Å². The second kappa shape index (κ2) is 15.0. The third kappa shape index (κ3) is 7.77. The molecule has 3 aromatic rings. The van der Waals surface area contributed by atoms with E-state index in [9.17, 15) is 9.59 Å². The Morgan fingerprint density at radius 3 is 2.16 bits per heavy atom. The molecule has 3 aromatic carbocycles. The highest BCUT2D eigenvalue weighted by atomic mass is 28.2. The first-order valence-electron chi connectivity index (χ1n) is 14.6. The van der Waals surface area contributed by atoms with Crippen molar-refractivity contribution < 1.29 is 27.9 Å². The number of benzene rings is 3. The summed E-state index contributed by atoms with van der Waals surface area (Å²) >= 11 is 0. The summed E-state index contributed by atoms with van der Waals surface area (Å²) in [6.45, 7) is 10.6. The molecule has 44 heavy (non-hydrogen) atoms. The van der Waals surface area contributed by atoms with Gasteiger partial charge < -0.3 is 29.4 Å². The van der Waals surface area contributed by atoms with E-state index in [0.717, 1.165) is 49.5 Å². The van der Waals surface area contributed by atoms with Gasteiger partial charge in [0, 0.05) is 30.7 Å². The molecule has 0 bridgehead atoms. The molecule has 1 heterocycles. The number of primary amides is 1. The molecular weight excluding hydrogens is 591 g/mol. The molecule has 4 radical (unpaired) electrons. The van der Waals surface area contributed by atoms with Gasteiger partial charge in [0.1, 0.15) is 6.29 Å². The number of anilines is 1. The van der Waals surface area contributed by atoms with Crippen molar-refractivity contribution in [3.63, 3.8) is 0 Å². The lowest BCUT2D eigenvalue weighted by atomic mass is 9.82. The Balaban J connectivity index is 1.42. The number of hydrogen-bond acceptors (Lipinski definition) is 7. The van der Waals surface area contributed by atoms with E-state index < -0.39 is 23.5 Å². The SMILES string of the molecule is COc1cc2c(cc1OC)CN(CCc1ccc(NC(=O)c3cc(C(C)(C)C(O[Si]C)O[Si]C)ccc3C(N)=O)cc1)CC2. The molecule has 0 atom stereocenters. The van der Waals surface area contributed by atoms with Crippen LogP contribution in [0.4, 0.5) is 5.69 Å². The first kappa shape index (κ1) is 33.4. The van der Waals surface area contributed by atoms with Crippen LogP contribution in [0.3, 0.4) is 0 Å². The number of rotatable bonds is 14. The van der Waals surface area contributed by atoms with Gasteiger partial charge in [0.05, 0.1) is 25.3 Å². The van der Waals surface area contributed by atoms with Crippen LogP contribution in [0.25, 0.3) is 0 Å². The Bertz CT molecular complexity index is 1460. The van der Waals surface area contributed by atoms with E-state index in [-0.39, 0.29) is 30.7 Å². The molecule has 3 N–H and O–H groups in total. The third-order valence-corrected chi connectivity index (χ3v) is 8.94. The predicted molar refractivity (Wildman–Crippen MR) is 174 cm³/mol. The average molecular weight is 632 g/mol. The van der Waals surface area contributed by atoms with Crippen molar-refractivity contribution in [3.05, 3.63) is 88.0 Å². The predicted octanol–water partition coefficient (Wildman–Crippen LogP) is 4.63. The number of amides is 2. The number of carbonyl (C=O) groups is 2. The van der Waals surface area contributed by atoms with Crippen molar-refractivity contribution in [1.29, 1.82) is 0 Å². The van der Waals surface area contributed by atoms with Crippen LogP contribution < -0.4 is 20.5 Å². The summed E-state index contributed by atoms with van der Waals surface area (Å²) in [5.74, 6) is 0.454. The van der Waals surface area contributed by atoms with E-state index in [4.69, 9.17) is 24.1 Å². The van der Waals surface area contributed by atoms with Crippen LogP contribution in [0, 0.1) is 0 Å². The van der Waals surface area contributed by atoms with Crippen molar-refractivity contribution >= 4 is 37.0 Å². The maximum Gasteiger partial charge on any atom is 0.256 e. The first-order valence-corrected chi connectivity index (χ1v) is 17.4. The van der Waals surface area contributed by atoms with Crippen molar-refractivity contribution in [2.45, 2.75) is 58.0 Å². The molecule has 9 nitrogen and oxygen atoms in total. The monoisotopic (exact) mass is 631 g/mol. The molecule has 2 amide bonds. The zero-order chi connectivity index (χ0) is 31.9. The topological polar surface area (TPSA) is 112 Å². The van der Waals surface area contributed by atoms with Gasteiger partial charge in [-0.15, -0.1) is 0 Å². The summed E-state index contributed by atoms with van der Waals surface area (Å²) < 4.78 is 22.7. The largest absolute Gasteiger partial charge is 0.493 e. The number of hydrogen-bond donors (Lipinski definition) is 2. The highest BCUT2D eigenvalue weighted by molar-refractivity contribution is 6.26. The number of fused-ring (bicyclic) bond motifs is 1. The van der Waals surface area contributed by atoms with Crippen LogP contribution >= 0.6 is 0 Å². The summed E-state index contributed by atoms with van der Waals surface area (Å²) in [5.41, 5.74) is 10.6. The summed E-state index contributed by atoms with van der Waals surface area (Å²) in [7, 11) is 3.80. The average Bonchev–Trinajstić information content (AvgIpc) is 3.03. The number of nitrogens with one attached hydrogen (secondary N) is 1. The van der Waals surface area contributed by atoms with E-state index in [2.05, 4.69) is 22.3 Å². The van der Waals surface area contributed by atoms with Crippen molar-refractivity contribution in [2.75, 3.05) is 32.6 Å². The van der Waals surface area contributed by atoms with Crippen LogP contribution in [0.15, 0.2) is 54.6 Å². The normalized spacial score (nSPS) is 13.4. The Kier molecular flexibility index (Phi) is 11.4. The smallest absolute Gasteiger partial charge is 0.256 e. The minimum absolute atomic E-state index is 0.158. The van der Waals surface area contributed by atoms with Crippen LogP contribution in [-0.2, 0) is 33.7 Å². The van der Waals surface area contributed by atoms with Crippen LogP contribution in [0.2, 0.25) is 13.1 Å². The van der Waals surface area contributed by atoms with Gasteiger partial charge in [-0.1, -0.05) is 32.0 Å². The highest BCUT2D eigenvalue weighted by Crippen LogP contribution is 2.34. The Morgan fingerprint density at radius 1 is 0.932 bits per heavy atom. The lowest BCUT2D eigenvalue weighted by Gasteiger charge is -2.34. The molecule has 11 heteroatoms. The van der Waals surface area contributed by atoms with Crippen molar-refractivity contribution in [3.8, 4) is 11.5 Å². The Morgan fingerprint density at radius 2 is 1.57 bits per heavy atom. The Labute approximate surface area is 265 Å². The van der Waals surface area contributed by atoms with E-state index >= 15 is 0 Å². The number of nitrogens with two attached hydrogens (primary N) is 1. The molecule has 0 fully saturated rings. The Hall–Kier alpha value is -3.49. The van der Waals surface area contributed by atoms with Crippen LogP contribution in [0.1, 0.15) is 56.8 Å². The van der Waals surface area contributed by atoms with Gasteiger partial charge in [-0.25, -0.2) is 0 Å². The van der Waals surface area contributed by atoms with Crippen LogP contribution in [-0.4, -0.2) is 69.8 Å². The van der Waals surface area contributed by atoms with Gasteiger partial charge in [-0.2, -0.15) is 0 Å². The number of carbonyl (C=O) groups excluding carboxylic acids is 2. The van der Waals surface area contributed by atoms with E-state index in [1.54, 1.807) is 32.4 Å². The van der Waals surface area contributed by atoms with E-state index in [1.807, 2.05) is 51.2 Å². The van der Waals surface area contributed by atoms with Crippen molar-refractivity contribution in [1.82, 2.24) is 4.90 Å². The molecule has 0 spiro atoms. The minimum Gasteiger partial charge on any atom is -0.493 e. The fourth-order valence-electron chi connectivity index (χ4n) is 5.39. The molecule has 1 aliphatic heterocycles. The summed E-state index contributed by atoms with van der Waals surface area (Å²) in [6.07, 6.45) is 1.34. The number of methoxy groups -OCH3 is 2. The molecule has 1 aliphatic rings. The number of nitrogens with zero attached hydrogens (tertiary/aromatic N) is 1. The molecule has 0 unspecified atom stereocenters. The fourth-order valence-corrected chi connectivity index (χ4v) is 6.60. The number of ether oxygens (including phenoxy) is 2. The van der Waals surface area contributed by atoms with Crippen molar-refractivity contribution in [2.24, 2.45) is 5.73 Å². The lowest BCUT2D eigenvalue weighted by Crippen LogP contribution is -2.39. The molecular formula is C33H41N3O6Si2. The molecule has 0 saturated carbocycles. The molecule has 232 valence electrons. The maximum atomic E-state index is 13.4.